The lowest BCUT2D eigenvalue weighted by molar-refractivity contribution is 0.618. The number of hydrogen-bond donors (Lipinski definition) is 2. The lowest BCUT2D eigenvalue weighted by Gasteiger charge is -2.12. The molecule has 25 rings (SSSR count). The molecule has 17 heteroatoms. The number of pyridine rings is 9. The second kappa shape index (κ2) is 42.8. The van der Waals surface area contributed by atoms with Crippen molar-refractivity contribution < 1.29 is 8.78 Å². The molecule has 15 nitrogen and oxygen atoms in total. The summed E-state index contributed by atoms with van der Waals surface area (Å²) in [6.45, 7) is 14.5. The Morgan fingerprint density at radius 3 is 1.07 bits per heavy atom. The minimum Gasteiger partial charge on any atom is -0.345 e. The van der Waals surface area contributed by atoms with Gasteiger partial charge in [0, 0.05) is 152 Å². The van der Waals surface area contributed by atoms with Crippen molar-refractivity contribution in [1.29, 1.82) is 0 Å². The molecule has 2 N–H and O–H groups in total. The fraction of sp³-hybridized carbons (Fsp3) is 0.102. The van der Waals surface area contributed by atoms with Crippen molar-refractivity contribution in [2.24, 2.45) is 7.05 Å². The van der Waals surface area contributed by atoms with E-state index in [0.29, 0.717) is 23.0 Å². The Hall–Kier alpha value is -18.0. The summed E-state index contributed by atoms with van der Waals surface area (Å²) < 4.78 is 29.2. The molecule has 0 amide bonds. The second-order valence-corrected chi connectivity index (χ2v) is 36.7. The third-order valence-corrected chi connectivity index (χ3v) is 26.1. The molecule has 0 radical (unpaired) electrons. The standard InChI is InChI=1S/C22H21N3.2C21H15FN2.C21H17N3.C21H19N3.C21H16N2/c1-15(2)16-6-4-7-18(12-16)22-19(8-5-11-23-22)17-9-10-20-21(13-17)25(3)14-24-20;1-14-12-17(6-8-19(14)22)21-18(5-3-11-24-21)15-7-9-20-16(13-15)4-2-10-23-20;1-14-11-17(6-7-20(14)22)21-19(3-2-9-24-21)16-5-4-15-8-10-23-13-18(15)12-16;1-3-15(14-6-7-14)11-17(4-1)21-18(5-2-10-22-21)16-8-9-19-20(12-16)24-13-23-19;1-14(2)15-5-3-6-17(11-15)21-18(7-4-10-22-21)16-8-9-19-20(12-16)24-13-23-19;1-15-5-2-6-18(13-15)21-19(8-4-12-23-21)16-9-10-20-17(14-16)7-3-11-22-20/h4-15H,1-3H3;2*2-13H,1H3;1-5,8-14H,6-7H2,(H,23,24);3-14H,1-2H3,(H,23,24);2-14H,1H3. The van der Waals surface area contributed by atoms with Gasteiger partial charge in [0.2, 0.25) is 0 Å². The molecule has 700 valence electrons. The molecule has 0 saturated heterocycles. The van der Waals surface area contributed by atoms with Crippen LogP contribution in [-0.4, -0.2) is 74.3 Å². The van der Waals surface area contributed by atoms with Gasteiger partial charge in [0.05, 0.1) is 97.3 Å². The van der Waals surface area contributed by atoms with Crippen LogP contribution in [-0.2, 0) is 7.05 Å². The molecule has 12 aromatic carbocycles. The monoisotopic (exact) mass is 1880 g/mol. The van der Waals surface area contributed by atoms with Gasteiger partial charge in [-0.2, -0.15) is 0 Å². The van der Waals surface area contributed by atoms with Crippen molar-refractivity contribution in [3.05, 3.63) is 472 Å². The van der Waals surface area contributed by atoms with E-state index >= 15 is 0 Å². The third-order valence-electron chi connectivity index (χ3n) is 26.1. The minimum absolute atomic E-state index is 0.201. The average molecular weight is 1880 g/mol. The summed E-state index contributed by atoms with van der Waals surface area (Å²) in [4.78, 5) is 60.1. The summed E-state index contributed by atoms with van der Waals surface area (Å²) in [6, 6.07) is 117. The van der Waals surface area contributed by atoms with E-state index in [-0.39, 0.29) is 11.6 Å². The van der Waals surface area contributed by atoms with E-state index in [1.807, 2.05) is 158 Å². The number of aromatic nitrogens is 15. The highest BCUT2D eigenvalue weighted by atomic mass is 19.1. The normalized spacial score (nSPS) is 11.6. The number of aromatic amines is 2. The largest absolute Gasteiger partial charge is 0.345 e. The lowest BCUT2D eigenvalue weighted by atomic mass is 9.95. The molecule has 1 aliphatic rings. The maximum atomic E-state index is 13.6. The van der Waals surface area contributed by atoms with Crippen LogP contribution in [0.25, 0.3) is 200 Å². The Morgan fingerprint density at radius 2 is 0.639 bits per heavy atom. The number of benzene rings is 12. The van der Waals surface area contributed by atoms with Gasteiger partial charge in [0.25, 0.3) is 0 Å². The average Bonchev–Trinajstić information content (AvgIpc) is 1.55. The van der Waals surface area contributed by atoms with E-state index in [4.69, 9.17) is 4.98 Å². The molecule has 0 bridgehead atoms. The molecular formula is C127H103F2N15. The van der Waals surface area contributed by atoms with Crippen LogP contribution in [0.3, 0.4) is 0 Å². The first-order chi connectivity index (χ1) is 70.5. The summed E-state index contributed by atoms with van der Waals surface area (Å²) in [6.07, 6.45) is 26.2. The summed E-state index contributed by atoms with van der Waals surface area (Å²) in [5.41, 5.74) is 40.4. The summed E-state index contributed by atoms with van der Waals surface area (Å²) in [5, 5.41) is 4.46. The molecule has 1 fully saturated rings. The molecule has 12 aromatic heterocycles. The lowest BCUT2D eigenvalue weighted by Crippen LogP contribution is -1.92. The Kier molecular flexibility index (Phi) is 27.8. The maximum absolute atomic E-state index is 13.6. The van der Waals surface area contributed by atoms with Crippen LogP contribution in [0.1, 0.15) is 91.7 Å². The molecule has 0 spiro atoms. The van der Waals surface area contributed by atoms with Gasteiger partial charge in [-0.25, -0.2) is 23.7 Å². The first-order valence-corrected chi connectivity index (χ1v) is 48.4. The van der Waals surface area contributed by atoms with Gasteiger partial charge in [-0.05, 0) is 300 Å². The predicted molar refractivity (Wildman–Crippen MR) is 584 cm³/mol. The zero-order valence-corrected chi connectivity index (χ0v) is 81.1. The number of H-pyrrole nitrogens is 2. The van der Waals surface area contributed by atoms with Crippen LogP contribution in [0.15, 0.2) is 427 Å². The zero-order valence-electron chi connectivity index (χ0n) is 81.1. The van der Waals surface area contributed by atoms with Gasteiger partial charge < -0.3 is 14.5 Å². The van der Waals surface area contributed by atoms with Crippen LogP contribution in [0.2, 0.25) is 0 Å². The molecule has 24 aromatic rings. The molecular weight excluding hydrogens is 1770 g/mol. The SMILES string of the molecule is CC(C)c1cccc(-c2ncccc2-c2ccc3nc[nH]c3c2)c1.CC(C)c1cccc(-c2ncccc2-c2ccc3ncn(C)c3c2)c1.Cc1cc(-c2ncccc2-c2ccc3ccncc3c2)ccc1F.Cc1cc(-c2ncccc2-c2ccc3ncccc3c2)ccc1F.Cc1cccc(-c2ncccc2-c2ccc3ncccc3c2)c1.c1cc(-c2ncccc2-c2ccc3nc[nH]c3c2)cc(C2CC2)c1. The molecule has 1 aliphatic carbocycles. The van der Waals surface area contributed by atoms with E-state index < -0.39 is 0 Å². The molecule has 1 saturated carbocycles. The van der Waals surface area contributed by atoms with E-state index in [1.54, 1.807) is 63.4 Å². The number of rotatable bonds is 15. The number of halogens is 2. The first-order valence-electron chi connectivity index (χ1n) is 48.4. The quantitative estimate of drug-likeness (QED) is 0.0989. The van der Waals surface area contributed by atoms with Crippen LogP contribution >= 0.6 is 0 Å². The fourth-order valence-corrected chi connectivity index (χ4v) is 18.3. The number of fused-ring (bicyclic) bond motifs is 6. The van der Waals surface area contributed by atoms with Gasteiger partial charge in [0.15, 0.2) is 0 Å². The Bertz CT molecular complexity index is 8430. The Balaban J connectivity index is 0.000000105. The Labute approximate surface area is 835 Å². The van der Waals surface area contributed by atoms with Crippen molar-refractivity contribution in [2.45, 2.75) is 79.1 Å². The number of nitrogens with one attached hydrogen (secondary N) is 2. The van der Waals surface area contributed by atoms with Crippen molar-refractivity contribution in [2.75, 3.05) is 0 Å². The smallest absolute Gasteiger partial charge is 0.126 e. The topological polar surface area (TPSA) is 191 Å². The molecule has 0 unspecified atom stereocenters. The predicted octanol–water partition coefficient (Wildman–Crippen LogP) is 32.1. The molecule has 144 heavy (non-hydrogen) atoms. The van der Waals surface area contributed by atoms with E-state index in [2.05, 4.69) is 318 Å². The maximum Gasteiger partial charge on any atom is 0.126 e. The van der Waals surface area contributed by atoms with Crippen LogP contribution in [0.4, 0.5) is 8.78 Å². The highest BCUT2D eigenvalue weighted by molar-refractivity contribution is 5.95. The minimum atomic E-state index is -0.201. The van der Waals surface area contributed by atoms with Crippen molar-refractivity contribution >= 4 is 65.7 Å². The second-order valence-electron chi connectivity index (χ2n) is 36.7. The highest BCUT2D eigenvalue weighted by Gasteiger charge is 2.25. The number of aryl methyl sites for hydroxylation is 4. The van der Waals surface area contributed by atoms with E-state index in [9.17, 15) is 8.78 Å². The van der Waals surface area contributed by atoms with Crippen LogP contribution in [0.5, 0.6) is 0 Å². The van der Waals surface area contributed by atoms with Gasteiger partial charge in [-0.1, -0.05) is 197 Å². The van der Waals surface area contributed by atoms with Crippen molar-refractivity contribution in [3.63, 3.8) is 0 Å². The molecule has 0 atom stereocenters. The van der Waals surface area contributed by atoms with Gasteiger partial charge in [0.1, 0.15) is 11.6 Å². The Morgan fingerprint density at radius 1 is 0.278 bits per heavy atom. The fourth-order valence-electron chi connectivity index (χ4n) is 18.3. The van der Waals surface area contributed by atoms with Gasteiger partial charge >= 0.3 is 0 Å². The molecule has 12 heterocycles. The van der Waals surface area contributed by atoms with Gasteiger partial charge in [-0.3, -0.25) is 44.9 Å². The van der Waals surface area contributed by atoms with Crippen molar-refractivity contribution in [1.82, 2.24) is 74.3 Å². The molecule has 0 aliphatic heterocycles. The number of hydrogen-bond acceptors (Lipinski definition) is 12. The van der Waals surface area contributed by atoms with E-state index in [1.165, 1.54) is 52.8 Å². The summed E-state index contributed by atoms with van der Waals surface area (Å²) >= 11 is 0. The third kappa shape index (κ3) is 21.3. The number of imidazole rings is 3. The summed E-state index contributed by atoms with van der Waals surface area (Å²) in [5.74, 6) is 1.34. The summed E-state index contributed by atoms with van der Waals surface area (Å²) in [7, 11) is 2.02. The van der Waals surface area contributed by atoms with E-state index in [0.717, 1.165) is 200 Å². The first kappa shape index (κ1) is 93.7. The zero-order chi connectivity index (χ0) is 98.5. The van der Waals surface area contributed by atoms with Crippen molar-refractivity contribution in [3.8, 4) is 134 Å². The number of nitrogens with zero attached hydrogens (tertiary/aromatic N) is 13. The van der Waals surface area contributed by atoms with Crippen LogP contribution < -0.4 is 0 Å². The van der Waals surface area contributed by atoms with Crippen LogP contribution in [0, 0.1) is 32.4 Å². The van der Waals surface area contributed by atoms with Gasteiger partial charge in [-0.15, -0.1) is 0 Å². The highest BCUT2D eigenvalue weighted by Crippen LogP contribution is 2.44.